The molecule has 0 aliphatic heterocycles. The van der Waals surface area contributed by atoms with E-state index in [9.17, 15) is 9.59 Å². The highest BCUT2D eigenvalue weighted by Crippen LogP contribution is 2.30. The lowest BCUT2D eigenvalue weighted by Gasteiger charge is -2.27. The first-order valence-electron chi connectivity index (χ1n) is 10.9. The summed E-state index contributed by atoms with van der Waals surface area (Å²) in [6.07, 6.45) is 0.892. The smallest absolute Gasteiger partial charge is 0.318 e. The van der Waals surface area contributed by atoms with E-state index >= 15 is 0 Å². The number of carbonyl (C=O) groups is 1. The second-order valence-corrected chi connectivity index (χ2v) is 8.75. The van der Waals surface area contributed by atoms with Gasteiger partial charge in [0, 0.05) is 7.05 Å². The van der Waals surface area contributed by atoms with E-state index in [-0.39, 0.29) is 10.6 Å². The molecule has 1 atom stereocenters. The predicted molar refractivity (Wildman–Crippen MR) is 138 cm³/mol. The Morgan fingerprint density at radius 3 is 2.47 bits per heavy atom. The molecule has 34 heavy (non-hydrogen) atoms. The van der Waals surface area contributed by atoms with E-state index < -0.39 is 12.1 Å². The van der Waals surface area contributed by atoms with Crippen LogP contribution in [0.3, 0.4) is 0 Å². The van der Waals surface area contributed by atoms with Gasteiger partial charge in [0.15, 0.2) is 0 Å². The third kappa shape index (κ3) is 4.52. The molecule has 1 heterocycles. The topological polar surface area (TPSA) is 67.2 Å². The summed E-state index contributed by atoms with van der Waals surface area (Å²) in [7, 11) is 1.64. The lowest BCUT2D eigenvalue weighted by Crippen LogP contribution is -2.37. The van der Waals surface area contributed by atoms with Gasteiger partial charge in [0.25, 0.3) is 5.56 Å². The van der Waals surface area contributed by atoms with Crippen LogP contribution in [0.2, 0.25) is 10.0 Å². The zero-order chi connectivity index (χ0) is 24.4. The van der Waals surface area contributed by atoms with Gasteiger partial charge in [-0.1, -0.05) is 60.5 Å². The Kier molecular flexibility index (Phi) is 6.91. The number of rotatable bonds is 5. The fraction of sp³-hybridized carbons (Fsp3) is 0.192. The van der Waals surface area contributed by atoms with Crippen LogP contribution >= 0.6 is 23.2 Å². The van der Waals surface area contributed by atoms with Crippen molar-refractivity contribution in [3.63, 3.8) is 0 Å². The van der Waals surface area contributed by atoms with Crippen LogP contribution < -0.4 is 10.9 Å². The molecule has 174 valence electrons. The number of anilines is 1. The number of nitrogens with zero attached hydrogens (tertiary/aromatic N) is 3. The highest BCUT2D eigenvalue weighted by atomic mass is 35.5. The molecule has 0 saturated carbocycles. The zero-order valence-electron chi connectivity index (χ0n) is 19.0. The van der Waals surface area contributed by atoms with Gasteiger partial charge in [-0.15, -0.1) is 0 Å². The maximum Gasteiger partial charge on any atom is 0.322 e. The van der Waals surface area contributed by atoms with Crippen molar-refractivity contribution in [1.82, 2.24) is 14.5 Å². The number of aromatic nitrogens is 2. The molecule has 0 spiro atoms. The Morgan fingerprint density at radius 1 is 1.06 bits per heavy atom. The number of amides is 2. The molecule has 0 fully saturated rings. The summed E-state index contributed by atoms with van der Waals surface area (Å²) >= 11 is 12.3. The molecule has 4 rings (SSSR count). The Hall–Kier alpha value is -3.35. The van der Waals surface area contributed by atoms with E-state index in [0.29, 0.717) is 33.1 Å². The Balaban J connectivity index is 1.78. The summed E-state index contributed by atoms with van der Waals surface area (Å²) < 4.78 is 1.57. The maximum absolute atomic E-state index is 13.5. The van der Waals surface area contributed by atoms with Crippen LogP contribution in [0, 0.1) is 0 Å². The van der Waals surface area contributed by atoms with Crippen LogP contribution in [0.5, 0.6) is 0 Å². The fourth-order valence-corrected chi connectivity index (χ4v) is 4.06. The van der Waals surface area contributed by atoms with Crippen molar-refractivity contribution in [2.24, 2.45) is 0 Å². The van der Waals surface area contributed by atoms with Crippen LogP contribution in [0.1, 0.15) is 31.3 Å². The van der Waals surface area contributed by atoms with Crippen LogP contribution in [-0.4, -0.2) is 27.5 Å². The number of para-hydroxylation sites is 1. The molecule has 0 bridgehead atoms. The quantitative estimate of drug-likeness (QED) is 0.345. The standard InChI is InChI=1S/C26H24Cl2N4O2/c1-4-17-12-14-18(15-13-17)32-24(29-21-10-6-5-8-19(21)25(32)33)16(2)31(3)26(34)30-22-11-7-9-20(27)23(22)28/h5-16H,4H2,1-3H3,(H,30,34). The lowest BCUT2D eigenvalue weighted by molar-refractivity contribution is 0.205. The van der Waals surface area contributed by atoms with Gasteiger partial charge in [0.1, 0.15) is 5.82 Å². The fourth-order valence-electron chi connectivity index (χ4n) is 3.71. The van der Waals surface area contributed by atoms with Crippen LogP contribution in [0.4, 0.5) is 10.5 Å². The molecular formula is C26H24Cl2N4O2. The lowest BCUT2D eigenvalue weighted by atomic mass is 10.1. The number of urea groups is 1. The first-order chi connectivity index (χ1) is 16.3. The minimum absolute atomic E-state index is 0.191. The van der Waals surface area contributed by atoms with Crippen molar-refractivity contribution in [3.05, 3.63) is 98.5 Å². The van der Waals surface area contributed by atoms with E-state index in [2.05, 4.69) is 12.2 Å². The molecule has 1 aromatic heterocycles. The number of carbonyl (C=O) groups excluding carboxylic acids is 1. The first kappa shape index (κ1) is 23.8. The zero-order valence-corrected chi connectivity index (χ0v) is 20.6. The highest BCUT2D eigenvalue weighted by Gasteiger charge is 2.25. The van der Waals surface area contributed by atoms with Crippen molar-refractivity contribution < 1.29 is 4.79 Å². The summed E-state index contributed by atoms with van der Waals surface area (Å²) in [4.78, 5) is 32.9. The summed E-state index contributed by atoms with van der Waals surface area (Å²) in [5.74, 6) is 0.447. The highest BCUT2D eigenvalue weighted by molar-refractivity contribution is 6.43. The van der Waals surface area contributed by atoms with Gasteiger partial charge in [-0.3, -0.25) is 9.36 Å². The Morgan fingerprint density at radius 2 is 1.76 bits per heavy atom. The van der Waals surface area contributed by atoms with Crippen LogP contribution in [0.15, 0.2) is 71.5 Å². The van der Waals surface area contributed by atoms with Crippen molar-refractivity contribution in [2.45, 2.75) is 26.3 Å². The first-order valence-corrected chi connectivity index (χ1v) is 11.7. The number of aryl methyl sites for hydroxylation is 1. The van der Waals surface area contributed by atoms with E-state index in [1.165, 1.54) is 4.90 Å². The monoisotopic (exact) mass is 494 g/mol. The molecule has 8 heteroatoms. The predicted octanol–water partition coefficient (Wildman–Crippen LogP) is 6.48. The average Bonchev–Trinajstić information content (AvgIpc) is 2.86. The number of hydrogen-bond acceptors (Lipinski definition) is 3. The summed E-state index contributed by atoms with van der Waals surface area (Å²) in [5.41, 5.74) is 2.63. The van der Waals surface area contributed by atoms with Crippen molar-refractivity contribution >= 4 is 45.8 Å². The largest absolute Gasteiger partial charge is 0.322 e. The van der Waals surface area contributed by atoms with E-state index in [4.69, 9.17) is 28.2 Å². The maximum atomic E-state index is 13.5. The average molecular weight is 495 g/mol. The summed E-state index contributed by atoms with van der Waals surface area (Å²) in [6, 6.07) is 19.1. The number of halogens is 2. The minimum atomic E-state index is -0.541. The molecule has 0 aliphatic carbocycles. The van der Waals surface area contributed by atoms with Gasteiger partial charge in [0.05, 0.1) is 38.4 Å². The molecule has 3 aromatic carbocycles. The number of hydrogen-bond donors (Lipinski definition) is 1. The van der Waals surface area contributed by atoms with E-state index in [1.807, 2.05) is 43.3 Å². The molecule has 4 aromatic rings. The minimum Gasteiger partial charge on any atom is -0.318 e. The number of fused-ring (bicyclic) bond motifs is 1. The van der Waals surface area contributed by atoms with Gasteiger partial charge in [-0.25, -0.2) is 9.78 Å². The molecule has 0 radical (unpaired) electrons. The van der Waals surface area contributed by atoms with Crippen molar-refractivity contribution in [3.8, 4) is 5.69 Å². The van der Waals surface area contributed by atoms with E-state index in [0.717, 1.165) is 12.0 Å². The molecule has 2 amide bonds. The Bertz CT molecular complexity index is 1420. The number of benzene rings is 3. The van der Waals surface area contributed by atoms with Gasteiger partial charge in [-0.2, -0.15) is 0 Å². The normalized spacial score (nSPS) is 11.9. The second kappa shape index (κ2) is 9.87. The van der Waals surface area contributed by atoms with Gasteiger partial charge in [0.2, 0.25) is 0 Å². The van der Waals surface area contributed by atoms with E-state index in [1.54, 1.807) is 41.9 Å². The molecule has 1 N–H and O–H groups in total. The van der Waals surface area contributed by atoms with Crippen molar-refractivity contribution in [2.75, 3.05) is 12.4 Å². The van der Waals surface area contributed by atoms with Gasteiger partial charge < -0.3 is 10.2 Å². The third-order valence-electron chi connectivity index (χ3n) is 5.87. The molecule has 6 nitrogen and oxygen atoms in total. The third-order valence-corrected chi connectivity index (χ3v) is 6.69. The molecule has 1 unspecified atom stereocenters. The Labute approximate surface area is 207 Å². The summed E-state index contributed by atoms with van der Waals surface area (Å²) in [5, 5.41) is 3.90. The number of nitrogens with one attached hydrogen (secondary N) is 1. The van der Waals surface area contributed by atoms with Crippen molar-refractivity contribution in [1.29, 1.82) is 0 Å². The molecular weight excluding hydrogens is 471 g/mol. The summed E-state index contributed by atoms with van der Waals surface area (Å²) in [6.45, 7) is 3.90. The van der Waals surface area contributed by atoms with Crippen LogP contribution in [-0.2, 0) is 6.42 Å². The SMILES string of the molecule is CCc1ccc(-n2c(C(C)N(C)C(=O)Nc3cccc(Cl)c3Cl)nc3ccccc3c2=O)cc1. The van der Waals surface area contributed by atoms with Gasteiger partial charge >= 0.3 is 6.03 Å². The van der Waals surface area contributed by atoms with Gasteiger partial charge in [-0.05, 0) is 55.3 Å². The molecule has 0 aliphatic rings. The van der Waals surface area contributed by atoms with Crippen LogP contribution in [0.25, 0.3) is 16.6 Å². The second-order valence-electron chi connectivity index (χ2n) is 7.97. The molecule has 0 saturated heterocycles.